The lowest BCUT2D eigenvalue weighted by atomic mass is 9.86. The Morgan fingerprint density at radius 2 is 2.00 bits per heavy atom. The van der Waals surface area contributed by atoms with Crippen LogP contribution in [-0.4, -0.2) is 25.7 Å². The van der Waals surface area contributed by atoms with Gasteiger partial charge >= 0.3 is 0 Å². The Morgan fingerprint density at radius 3 is 2.65 bits per heavy atom. The monoisotopic (exact) mass is 236 g/mol. The van der Waals surface area contributed by atoms with E-state index in [1.165, 1.54) is 6.07 Å². The predicted molar refractivity (Wildman–Crippen MR) is 69.8 cm³/mol. The summed E-state index contributed by atoms with van der Waals surface area (Å²) >= 11 is 0. The highest BCUT2D eigenvalue weighted by Crippen LogP contribution is 2.30. The average molecular weight is 236 g/mol. The third-order valence-corrected chi connectivity index (χ3v) is 4.10. The SMILES string of the molecule is CNC1CCN(c2ccccc2F)C(C)C1C. The van der Waals surface area contributed by atoms with Crippen molar-refractivity contribution in [2.24, 2.45) is 5.92 Å². The van der Waals surface area contributed by atoms with Crippen molar-refractivity contribution < 1.29 is 4.39 Å². The van der Waals surface area contributed by atoms with E-state index < -0.39 is 0 Å². The van der Waals surface area contributed by atoms with Crippen molar-refractivity contribution in [1.82, 2.24) is 5.32 Å². The molecule has 0 radical (unpaired) electrons. The third kappa shape index (κ3) is 2.29. The fourth-order valence-electron chi connectivity index (χ4n) is 2.80. The molecule has 0 saturated carbocycles. The van der Waals surface area contributed by atoms with Crippen molar-refractivity contribution in [3.8, 4) is 0 Å². The van der Waals surface area contributed by atoms with E-state index in [1.54, 1.807) is 6.07 Å². The molecule has 17 heavy (non-hydrogen) atoms. The second-order valence-electron chi connectivity index (χ2n) is 4.93. The van der Waals surface area contributed by atoms with E-state index in [4.69, 9.17) is 0 Å². The van der Waals surface area contributed by atoms with Crippen LogP contribution < -0.4 is 10.2 Å². The molecule has 2 rings (SSSR count). The molecule has 1 N–H and O–H groups in total. The first-order valence-corrected chi connectivity index (χ1v) is 6.33. The lowest BCUT2D eigenvalue weighted by Crippen LogP contribution is -2.53. The Labute approximate surface area is 103 Å². The summed E-state index contributed by atoms with van der Waals surface area (Å²) in [5, 5.41) is 3.35. The van der Waals surface area contributed by atoms with Gasteiger partial charge in [-0.25, -0.2) is 4.39 Å². The number of para-hydroxylation sites is 1. The Morgan fingerprint density at radius 1 is 1.29 bits per heavy atom. The average Bonchev–Trinajstić information content (AvgIpc) is 2.34. The molecule has 1 aliphatic rings. The van der Waals surface area contributed by atoms with E-state index >= 15 is 0 Å². The molecule has 1 heterocycles. The van der Waals surface area contributed by atoms with Crippen LogP contribution in [0, 0.1) is 11.7 Å². The number of rotatable bonds is 2. The van der Waals surface area contributed by atoms with Gasteiger partial charge in [0.25, 0.3) is 0 Å². The maximum absolute atomic E-state index is 13.8. The van der Waals surface area contributed by atoms with E-state index in [1.807, 2.05) is 19.2 Å². The van der Waals surface area contributed by atoms with Crippen molar-refractivity contribution in [1.29, 1.82) is 0 Å². The second-order valence-corrected chi connectivity index (χ2v) is 4.93. The van der Waals surface area contributed by atoms with Gasteiger partial charge in [0.1, 0.15) is 5.82 Å². The number of nitrogens with one attached hydrogen (secondary N) is 1. The van der Waals surface area contributed by atoms with Crippen LogP contribution in [0.1, 0.15) is 20.3 Å². The summed E-state index contributed by atoms with van der Waals surface area (Å²) in [4.78, 5) is 2.19. The lowest BCUT2D eigenvalue weighted by molar-refractivity contribution is 0.281. The smallest absolute Gasteiger partial charge is 0.146 e. The summed E-state index contributed by atoms with van der Waals surface area (Å²) in [6.07, 6.45) is 1.07. The predicted octanol–water partition coefficient (Wildman–Crippen LogP) is 2.65. The van der Waals surface area contributed by atoms with Gasteiger partial charge in [-0.1, -0.05) is 19.1 Å². The number of piperidine rings is 1. The van der Waals surface area contributed by atoms with Crippen LogP contribution in [-0.2, 0) is 0 Å². The van der Waals surface area contributed by atoms with Gasteiger partial charge in [0.05, 0.1) is 5.69 Å². The summed E-state index contributed by atoms with van der Waals surface area (Å²) in [5.41, 5.74) is 0.737. The summed E-state index contributed by atoms with van der Waals surface area (Å²) in [7, 11) is 2.01. The highest BCUT2D eigenvalue weighted by Gasteiger charge is 2.32. The Balaban J connectivity index is 2.21. The van der Waals surface area contributed by atoms with Gasteiger partial charge in [0, 0.05) is 18.6 Å². The number of hydrogen-bond donors (Lipinski definition) is 1. The number of nitrogens with zero attached hydrogens (tertiary/aromatic N) is 1. The Hall–Kier alpha value is -1.09. The van der Waals surface area contributed by atoms with E-state index in [2.05, 4.69) is 24.1 Å². The first kappa shape index (κ1) is 12.4. The summed E-state index contributed by atoms with van der Waals surface area (Å²) in [6.45, 7) is 5.33. The molecule has 2 nitrogen and oxygen atoms in total. The van der Waals surface area contributed by atoms with Gasteiger partial charge in [-0.15, -0.1) is 0 Å². The molecule has 94 valence electrons. The summed E-state index contributed by atoms with van der Waals surface area (Å²) in [5.74, 6) is 0.405. The number of halogens is 1. The summed E-state index contributed by atoms with van der Waals surface area (Å²) in [6, 6.07) is 7.95. The van der Waals surface area contributed by atoms with Gasteiger partial charge in [-0.3, -0.25) is 0 Å². The molecule has 1 fully saturated rings. The van der Waals surface area contributed by atoms with Crippen LogP contribution in [0.15, 0.2) is 24.3 Å². The normalized spacial score (nSPS) is 29.4. The molecule has 3 unspecified atom stereocenters. The van der Waals surface area contributed by atoms with Crippen molar-refractivity contribution in [3.63, 3.8) is 0 Å². The Bertz CT molecular complexity index is 380. The molecule has 3 atom stereocenters. The molecule has 1 saturated heterocycles. The topological polar surface area (TPSA) is 15.3 Å². The molecule has 0 spiro atoms. The van der Waals surface area contributed by atoms with Crippen molar-refractivity contribution >= 4 is 5.69 Å². The molecule has 0 bridgehead atoms. The lowest BCUT2D eigenvalue weighted by Gasteiger charge is -2.44. The van der Waals surface area contributed by atoms with Gasteiger partial charge in [0.2, 0.25) is 0 Å². The molecule has 1 aromatic carbocycles. The van der Waals surface area contributed by atoms with E-state index in [0.29, 0.717) is 18.0 Å². The third-order valence-electron chi connectivity index (χ3n) is 4.10. The molecule has 1 aromatic rings. The molecule has 3 heteroatoms. The maximum atomic E-state index is 13.8. The van der Waals surface area contributed by atoms with Crippen LogP contribution in [0.3, 0.4) is 0 Å². The molecule has 1 aliphatic heterocycles. The van der Waals surface area contributed by atoms with Crippen molar-refractivity contribution in [2.75, 3.05) is 18.5 Å². The van der Waals surface area contributed by atoms with Gasteiger partial charge in [0.15, 0.2) is 0 Å². The summed E-state index contributed by atoms with van der Waals surface area (Å²) < 4.78 is 13.8. The number of anilines is 1. The maximum Gasteiger partial charge on any atom is 0.146 e. The largest absolute Gasteiger partial charge is 0.366 e. The highest BCUT2D eigenvalue weighted by atomic mass is 19.1. The minimum atomic E-state index is -0.116. The molecule has 0 aromatic heterocycles. The Kier molecular flexibility index (Phi) is 3.67. The number of benzene rings is 1. The standard InChI is InChI=1S/C14H21FN2/c1-10-11(2)17(9-8-13(10)16-3)14-7-5-4-6-12(14)15/h4-7,10-11,13,16H,8-9H2,1-3H3. The second kappa shape index (κ2) is 5.05. The highest BCUT2D eigenvalue weighted by molar-refractivity contribution is 5.49. The zero-order valence-corrected chi connectivity index (χ0v) is 10.8. The zero-order chi connectivity index (χ0) is 12.4. The molecular weight excluding hydrogens is 215 g/mol. The molecule has 0 aliphatic carbocycles. The van der Waals surface area contributed by atoms with Crippen LogP contribution in [0.2, 0.25) is 0 Å². The van der Waals surface area contributed by atoms with E-state index in [9.17, 15) is 4.39 Å². The van der Waals surface area contributed by atoms with Crippen LogP contribution in [0.5, 0.6) is 0 Å². The minimum absolute atomic E-state index is 0.116. The number of hydrogen-bond acceptors (Lipinski definition) is 2. The van der Waals surface area contributed by atoms with Crippen LogP contribution in [0.25, 0.3) is 0 Å². The van der Waals surface area contributed by atoms with Gasteiger partial charge in [-0.2, -0.15) is 0 Å². The van der Waals surface area contributed by atoms with Crippen LogP contribution in [0.4, 0.5) is 10.1 Å². The first-order chi connectivity index (χ1) is 8.15. The van der Waals surface area contributed by atoms with Crippen molar-refractivity contribution in [2.45, 2.75) is 32.4 Å². The first-order valence-electron chi connectivity index (χ1n) is 6.33. The van der Waals surface area contributed by atoms with Gasteiger partial charge < -0.3 is 10.2 Å². The van der Waals surface area contributed by atoms with Crippen LogP contribution >= 0.6 is 0 Å². The van der Waals surface area contributed by atoms with Gasteiger partial charge in [-0.05, 0) is 38.4 Å². The fourth-order valence-corrected chi connectivity index (χ4v) is 2.80. The van der Waals surface area contributed by atoms with Crippen molar-refractivity contribution in [3.05, 3.63) is 30.1 Å². The minimum Gasteiger partial charge on any atom is -0.366 e. The molecular formula is C14H21FN2. The fraction of sp³-hybridized carbons (Fsp3) is 0.571. The van der Waals surface area contributed by atoms with E-state index in [0.717, 1.165) is 18.7 Å². The molecule has 0 amide bonds. The van der Waals surface area contributed by atoms with E-state index in [-0.39, 0.29) is 5.82 Å². The quantitative estimate of drug-likeness (QED) is 0.849. The zero-order valence-electron chi connectivity index (χ0n) is 10.8.